The SMILES string of the molecule is CCCCCCC/C=C\C/C=C\CCCCCCCCCCCCCCCC(=O)OC(COC(=O)CCCCCCCCCCCCCCCCCCCCCCCCC/C=C\CCCCCCCCCC)COP(=O)([O-])OCC[N+](C)(C)C. The second-order valence-electron chi connectivity index (χ2n) is 26.3. The van der Waals surface area contributed by atoms with Crippen LogP contribution < -0.4 is 4.89 Å². The standard InChI is InChI=1S/C74H142NO8P/c1-6-8-10-12-14-16-18-20-22-24-26-28-30-32-33-34-35-36-37-38-39-40-41-43-44-46-48-50-52-54-56-58-60-62-64-66-73(76)80-70-72(71-82-84(78,79)81-69-68-75(3,4)5)83-74(77)67-65-63-61-59-57-55-53-51-49-47-45-42-31-29-27-25-23-21-19-17-15-13-11-9-7-2/h19,21,24-27,72H,6-18,20,22-23,28-71H2,1-5H3/b21-19-,26-24-,27-25-. The maximum atomic E-state index is 12.9. The van der Waals surface area contributed by atoms with Crippen molar-refractivity contribution in [3.8, 4) is 0 Å². The molecule has 0 amide bonds. The van der Waals surface area contributed by atoms with Gasteiger partial charge in [0.25, 0.3) is 7.82 Å². The Bertz CT molecular complexity index is 1510. The first-order chi connectivity index (χ1) is 41.0. The maximum absolute atomic E-state index is 12.9. The quantitative estimate of drug-likeness (QED) is 0.0195. The summed E-state index contributed by atoms with van der Waals surface area (Å²) in [7, 11) is 1.18. The van der Waals surface area contributed by atoms with Crippen LogP contribution in [0.4, 0.5) is 0 Å². The molecule has 0 heterocycles. The fraction of sp³-hybridized carbons (Fsp3) is 0.892. The molecule has 9 nitrogen and oxygen atoms in total. The predicted octanol–water partition coefficient (Wildman–Crippen LogP) is 23.2. The number of hydrogen-bond donors (Lipinski definition) is 0. The van der Waals surface area contributed by atoms with E-state index in [2.05, 4.69) is 50.3 Å². The Labute approximate surface area is 522 Å². The van der Waals surface area contributed by atoms with Crippen LogP contribution in [0.5, 0.6) is 0 Å². The molecule has 0 rings (SSSR count). The van der Waals surface area contributed by atoms with Gasteiger partial charge >= 0.3 is 11.9 Å². The van der Waals surface area contributed by atoms with Crippen molar-refractivity contribution in [2.24, 2.45) is 0 Å². The zero-order valence-electron chi connectivity index (χ0n) is 56.6. The van der Waals surface area contributed by atoms with Crippen LogP contribution in [-0.4, -0.2) is 70.0 Å². The van der Waals surface area contributed by atoms with Crippen LogP contribution in [0.15, 0.2) is 36.5 Å². The van der Waals surface area contributed by atoms with Gasteiger partial charge < -0.3 is 27.9 Å². The van der Waals surface area contributed by atoms with E-state index in [9.17, 15) is 19.0 Å². The van der Waals surface area contributed by atoms with Crippen LogP contribution in [0.1, 0.15) is 373 Å². The van der Waals surface area contributed by atoms with E-state index in [-0.39, 0.29) is 32.0 Å². The normalized spacial score (nSPS) is 13.3. The van der Waals surface area contributed by atoms with E-state index in [1.165, 1.54) is 295 Å². The monoisotopic (exact) mass is 1200 g/mol. The summed E-state index contributed by atoms with van der Waals surface area (Å²) in [6, 6.07) is 0. The average Bonchev–Trinajstić information content (AvgIpc) is 3.60. The fourth-order valence-electron chi connectivity index (χ4n) is 11.0. The number of unbranched alkanes of at least 4 members (excludes halogenated alkanes) is 49. The third-order valence-corrected chi connectivity index (χ3v) is 17.6. The summed E-state index contributed by atoms with van der Waals surface area (Å²) in [6.45, 7) is 4.30. The Morgan fingerprint density at radius 1 is 0.369 bits per heavy atom. The van der Waals surface area contributed by atoms with Crippen LogP contribution >= 0.6 is 7.82 Å². The van der Waals surface area contributed by atoms with E-state index in [1.807, 2.05) is 21.1 Å². The van der Waals surface area contributed by atoms with Gasteiger partial charge in [-0.3, -0.25) is 14.2 Å². The molecule has 0 aromatic rings. The predicted molar refractivity (Wildman–Crippen MR) is 361 cm³/mol. The van der Waals surface area contributed by atoms with Gasteiger partial charge in [0.2, 0.25) is 0 Å². The van der Waals surface area contributed by atoms with Crippen molar-refractivity contribution >= 4 is 19.8 Å². The smallest absolute Gasteiger partial charge is 0.306 e. The number of rotatable bonds is 69. The number of carbonyl (C=O) groups excluding carboxylic acids is 2. The number of allylic oxidation sites excluding steroid dienone is 6. The highest BCUT2D eigenvalue weighted by Gasteiger charge is 2.22. The zero-order valence-corrected chi connectivity index (χ0v) is 57.5. The lowest BCUT2D eigenvalue weighted by molar-refractivity contribution is -0.870. The van der Waals surface area contributed by atoms with Crippen molar-refractivity contribution in [2.45, 2.75) is 380 Å². The van der Waals surface area contributed by atoms with Crippen LogP contribution in [0, 0.1) is 0 Å². The van der Waals surface area contributed by atoms with E-state index in [4.69, 9.17) is 18.5 Å². The summed E-state index contributed by atoms with van der Waals surface area (Å²) in [5.74, 6) is -0.813. The van der Waals surface area contributed by atoms with Crippen molar-refractivity contribution < 1.29 is 42.1 Å². The lowest BCUT2D eigenvalue weighted by Crippen LogP contribution is -2.37. The van der Waals surface area contributed by atoms with Gasteiger partial charge in [-0.1, -0.05) is 326 Å². The lowest BCUT2D eigenvalue weighted by atomic mass is 10.0. The highest BCUT2D eigenvalue weighted by atomic mass is 31.2. The molecular weight excluding hydrogens is 1060 g/mol. The van der Waals surface area contributed by atoms with E-state index in [0.29, 0.717) is 17.4 Å². The van der Waals surface area contributed by atoms with Crippen molar-refractivity contribution in [3.05, 3.63) is 36.5 Å². The van der Waals surface area contributed by atoms with E-state index in [1.54, 1.807) is 0 Å². The molecule has 0 radical (unpaired) electrons. The lowest BCUT2D eigenvalue weighted by Gasteiger charge is -2.28. The molecule has 2 atom stereocenters. The molecule has 496 valence electrons. The maximum Gasteiger partial charge on any atom is 0.306 e. The van der Waals surface area contributed by atoms with Gasteiger partial charge in [-0.05, 0) is 70.6 Å². The number of phosphoric ester groups is 1. The Morgan fingerprint density at radius 3 is 0.952 bits per heavy atom. The highest BCUT2D eigenvalue weighted by Crippen LogP contribution is 2.38. The minimum absolute atomic E-state index is 0.0285. The van der Waals surface area contributed by atoms with Crippen LogP contribution in [0.25, 0.3) is 0 Å². The van der Waals surface area contributed by atoms with Crippen molar-refractivity contribution in [1.29, 1.82) is 0 Å². The molecular formula is C74H142NO8P. The van der Waals surface area contributed by atoms with Crippen molar-refractivity contribution in [3.63, 3.8) is 0 Å². The first-order valence-electron chi connectivity index (χ1n) is 36.7. The van der Waals surface area contributed by atoms with E-state index >= 15 is 0 Å². The number of carbonyl (C=O) groups is 2. The number of quaternary nitrogens is 1. The van der Waals surface area contributed by atoms with Crippen LogP contribution in [0.3, 0.4) is 0 Å². The Morgan fingerprint density at radius 2 is 0.643 bits per heavy atom. The molecule has 0 aliphatic rings. The Kier molecular flexibility index (Phi) is 64.3. The highest BCUT2D eigenvalue weighted by molar-refractivity contribution is 7.45. The third-order valence-electron chi connectivity index (χ3n) is 16.6. The Hall–Kier alpha value is -1.77. The van der Waals surface area contributed by atoms with Crippen molar-refractivity contribution in [2.75, 3.05) is 47.5 Å². The molecule has 0 saturated carbocycles. The molecule has 0 N–H and O–H groups in total. The van der Waals surface area contributed by atoms with Gasteiger partial charge in [0.05, 0.1) is 27.7 Å². The molecule has 0 saturated heterocycles. The Balaban J connectivity index is 3.94. The molecule has 84 heavy (non-hydrogen) atoms. The van der Waals surface area contributed by atoms with Crippen molar-refractivity contribution in [1.82, 2.24) is 0 Å². The molecule has 0 aliphatic carbocycles. The second kappa shape index (κ2) is 65.7. The van der Waals surface area contributed by atoms with Gasteiger partial charge in [0, 0.05) is 12.8 Å². The molecule has 0 bridgehead atoms. The third kappa shape index (κ3) is 69.3. The summed E-state index contributed by atoms with van der Waals surface area (Å²) >= 11 is 0. The van der Waals surface area contributed by atoms with Gasteiger partial charge in [0.15, 0.2) is 6.10 Å². The van der Waals surface area contributed by atoms with E-state index in [0.717, 1.165) is 44.9 Å². The zero-order chi connectivity index (χ0) is 61.2. The second-order valence-corrected chi connectivity index (χ2v) is 27.7. The van der Waals surface area contributed by atoms with Gasteiger partial charge in [-0.15, -0.1) is 0 Å². The fourth-order valence-corrected chi connectivity index (χ4v) is 11.7. The minimum Gasteiger partial charge on any atom is -0.756 e. The average molecular weight is 1200 g/mol. The molecule has 0 aromatic heterocycles. The van der Waals surface area contributed by atoms with Gasteiger partial charge in [-0.25, -0.2) is 0 Å². The number of likely N-dealkylation sites (N-methyl/N-ethyl adjacent to an activating group) is 1. The molecule has 10 heteroatoms. The molecule has 2 unspecified atom stereocenters. The summed E-state index contributed by atoms with van der Waals surface area (Å²) < 4.78 is 34.3. The van der Waals surface area contributed by atoms with Gasteiger partial charge in [-0.2, -0.15) is 0 Å². The number of phosphoric acid groups is 1. The first kappa shape index (κ1) is 82.2. The summed E-state index contributed by atoms with van der Waals surface area (Å²) in [6.07, 6.45) is 83.9. The largest absolute Gasteiger partial charge is 0.756 e. The van der Waals surface area contributed by atoms with Crippen LogP contribution in [0.2, 0.25) is 0 Å². The molecule has 0 aliphatic heterocycles. The number of ether oxygens (including phenoxy) is 2. The summed E-state index contributed by atoms with van der Waals surface area (Å²) in [4.78, 5) is 38.1. The molecule has 0 spiro atoms. The molecule has 0 fully saturated rings. The minimum atomic E-state index is -4.64. The summed E-state index contributed by atoms with van der Waals surface area (Å²) in [5.41, 5.74) is 0. The first-order valence-corrected chi connectivity index (χ1v) is 38.2. The number of hydrogen-bond acceptors (Lipinski definition) is 8. The topological polar surface area (TPSA) is 111 Å². The number of esters is 2. The van der Waals surface area contributed by atoms with Gasteiger partial charge in [0.1, 0.15) is 19.8 Å². The summed E-state index contributed by atoms with van der Waals surface area (Å²) in [5, 5.41) is 0. The van der Waals surface area contributed by atoms with Crippen LogP contribution in [-0.2, 0) is 32.7 Å². The molecule has 0 aromatic carbocycles. The van der Waals surface area contributed by atoms with E-state index < -0.39 is 26.5 Å². The number of nitrogens with zero attached hydrogens (tertiary/aromatic N) is 1.